The highest BCUT2D eigenvalue weighted by Crippen LogP contribution is 2.32. The van der Waals surface area contributed by atoms with Crippen LogP contribution in [-0.2, 0) is 0 Å². The van der Waals surface area contributed by atoms with E-state index in [4.69, 9.17) is 12.2 Å². The quantitative estimate of drug-likeness (QED) is 0.347. The minimum atomic E-state index is -0.451. The molecule has 0 radical (unpaired) electrons. The monoisotopic (exact) mass is 451 g/mol. The van der Waals surface area contributed by atoms with Crippen molar-refractivity contribution in [1.82, 2.24) is 5.32 Å². The minimum Gasteiger partial charge on any atom is -0.332 e. The van der Waals surface area contributed by atoms with Gasteiger partial charge in [0.2, 0.25) is 0 Å². The van der Waals surface area contributed by atoms with E-state index >= 15 is 0 Å². The fraction of sp³-hybridized carbons (Fsp3) is 0. The molecule has 0 aromatic heterocycles. The van der Waals surface area contributed by atoms with Gasteiger partial charge in [0.25, 0.3) is 17.7 Å². The number of rotatable bonds is 3. The number of benzene rings is 4. The highest BCUT2D eigenvalue weighted by atomic mass is 32.1. The Morgan fingerprint density at radius 3 is 2.27 bits per heavy atom. The van der Waals surface area contributed by atoms with E-state index in [0.717, 1.165) is 15.7 Å². The Balaban J connectivity index is 1.39. The lowest BCUT2D eigenvalue weighted by molar-refractivity contribution is 0.0924. The first kappa shape index (κ1) is 20.5. The Morgan fingerprint density at radius 1 is 0.758 bits per heavy atom. The molecule has 4 aromatic rings. The van der Waals surface area contributed by atoms with Crippen LogP contribution in [0.25, 0.3) is 10.8 Å². The standard InChI is InChI=1S/C26H17N3O3S/c30-23(19-13-6-9-16-8-4-5-12-18(16)19)28-26(33)27-21-15-7-14-20-22(21)25(32)29(24(20)31)17-10-2-1-3-11-17/h1-15H,(H2,27,28,30,33). The number of carbonyl (C=O) groups is 3. The fourth-order valence-electron chi connectivity index (χ4n) is 3.95. The summed E-state index contributed by atoms with van der Waals surface area (Å²) in [5.41, 5.74) is 1.82. The summed E-state index contributed by atoms with van der Waals surface area (Å²) in [5, 5.41) is 7.36. The summed E-state index contributed by atoms with van der Waals surface area (Å²) in [7, 11) is 0. The molecule has 1 aliphatic rings. The van der Waals surface area contributed by atoms with Crippen LogP contribution in [0.15, 0.2) is 91.0 Å². The predicted molar refractivity (Wildman–Crippen MR) is 132 cm³/mol. The largest absolute Gasteiger partial charge is 0.332 e. The number of nitrogens with one attached hydrogen (secondary N) is 2. The van der Waals surface area contributed by atoms with Gasteiger partial charge in [0, 0.05) is 5.56 Å². The number of fused-ring (bicyclic) bond motifs is 2. The molecule has 0 aliphatic carbocycles. The van der Waals surface area contributed by atoms with Gasteiger partial charge in [-0.05, 0) is 53.3 Å². The molecule has 0 bridgehead atoms. The molecular formula is C26H17N3O3S. The van der Waals surface area contributed by atoms with Gasteiger partial charge in [-0.1, -0.05) is 60.7 Å². The molecule has 2 N–H and O–H groups in total. The molecule has 3 amide bonds. The molecule has 7 heteroatoms. The summed E-state index contributed by atoms with van der Waals surface area (Å²) in [5.74, 6) is -1.23. The molecule has 1 aliphatic heterocycles. The van der Waals surface area contributed by atoms with E-state index in [9.17, 15) is 14.4 Å². The first-order chi connectivity index (χ1) is 16.0. The van der Waals surface area contributed by atoms with E-state index in [1.54, 1.807) is 54.6 Å². The molecule has 1 heterocycles. The van der Waals surface area contributed by atoms with Crippen LogP contribution in [0.5, 0.6) is 0 Å². The predicted octanol–water partition coefficient (Wildman–Crippen LogP) is 4.77. The van der Waals surface area contributed by atoms with Crippen molar-refractivity contribution < 1.29 is 14.4 Å². The Bertz CT molecular complexity index is 1440. The van der Waals surface area contributed by atoms with Crippen LogP contribution in [-0.4, -0.2) is 22.8 Å². The lowest BCUT2D eigenvalue weighted by Gasteiger charge is -2.14. The van der Waals surface area contributed by atoms with Gasteiger partial charge in [0.15, 0.2) is 5.11 Å². The topological polar surface area (TPSA) is 78.5 Å². The first-order valence-electron chi connectivity index (χ1n) is 10.2. The normalized spacial score (nSPS) is 12.5. The molecule has 0 spiro atoms. The molecule has 160 valence electrons. The molecule has 0 saturated heterocycles. The van der Waals surface area contributed by atoms with Crippen molar-refractivity contribution in [2.24, 2.45) is 0 Å². The Hall–Kier alpha value is -4.36. The summed E-state index contributed by atoms with van der Waals surface area (Å²) in [6.45, 7) is 0. The molecule has 0 unspecified atom stereocenters. The van der Waals surface area contributed by atoms with Crippen molar-refractivity contribution >= 4 is 57.2 Å². The summed E-state index contributed by atoms with van der Waals surface area (Å²) >= 11 is 5.34. The molecule has 0 saturated carbocycles. The van der Waals surface area contributed by atoms with Gasteiger partial charge in [0.05, 0.1) is 22.5 Å². The van der Waals surface area contributed by atoms with Crippen molar-refractivity contribution in [3.63, 3.8) is 0 Å². The third-order valence-corrected chi connectivity index (χ3v) is 5.64. The van der Waals surface area contributed by atoms with Crippen LogP contribution >= 0.6 is 12.2 Å². The number of amides is 3. The second-order valence-corrected chi connectivity index (χ2v) is 7.85. The van der Waals surface area contributed by atoms with Crippen LogP contribution in [0.4, 0.5) is 11.4 Å². The number of carbonyl (C=O) groups excluding carboxylic acids is 3. The zero-order chi connectivity index (χ0) is 22.9. The smallest absolute Gasteiger partial charge is 0.268 e. The number of hydrogen-bond donors (Lipinski definition) is 2. The molecule has 33 heavy (non-hydrogen) atoms. The highest BCUT2D eigenvalue weighted by molar-refractivity contribution is 7.80. The Labute approximate surface area is 194 Å². The van der Waals surface area contributed by atoms with Gasteiger partial charge in [-0.25, -0.2) is 4.90 Å². The summed E-state index contributed by atoms with van der Waals surface area (Å²) in [6.07, 6.45) is 0. The third kappa shape index (κ3) is 3.64. The lowest BCUT2D eigenvalue weighted by Crippen LogP contribution is -2.35. The Morgan fingerprint density at radius 2 is 1.45 bits per heavy atom. The van der Waals surface area contributed by atoms with Crippen molar-refractivity contribution in [2.45, 2.75) is 0 Å². The van der Waals surface area contributed by atoms with Gasteiger partial charge in [-0.3, -0.25) is 19.7 Å². The van der Waals surface area contributed by atoms with Gasteiger partial charge in [-0.15, -0.1) is 0 Å². The number of para-hydroxylation sites is 1. The number of nitrogens with zero attached hydrogens (tertiary/aromatic N) is 1. The fourth-order valence-corrected chi connectivity index (χ4v) is 4.15. The van der Waals surface area contributed by atoms with Gasteiger partial charge < -0.3 is 5.32 Å². The minimum absolute atomic E-state index is 0.0275. The summed E-state index contributed by atoms with van der Waals surface area (Å²) in [4.78, 5) is 40.1. The zero-order valence-corrected chi connectivity index (χ0v) is 18.1. The average Bonchev–Trinajstić information content (AvgIpc) is 3.09. The van der Waals surface area contributed by atoms with Crippen LogP contribution in [0.3, 0.4) is 0 Å². The average molecular weight is 452 g/mol. The molecule has 0 atom stereocenters. The summed E-state index contributed by atoms with van der Waals surface area (Å²) in [6, 6.07) is 26.7. The number of imide groups is 1. The molecule has 6 nitrogen and oxygen atoms in total. The SMILES string of the molecule is O=C(NC(=S)Nc1cccc2c1C(=O)N(c1ccccc1)C2=O)c1cccc2ccccc12. The Kier molecular flexibility index (Phi) is 5.16. The van der Waals surface area contributed by atoms with E-state index in [0.29, 0.717) is 16.9 Å². The van der Waals surface area contributed by atoms with Gasteiger partial charge in [0.1, 0.15) is 0 Å². The third-order valence-electron chi connectivity index (χ3n) is 5.44. The molecule has 0 fully saturated rings. The second kappa shape index (κ2) is 8.29. The van der Waals surface area contributed by atoms with Crippen LogP contribution in [0, 0.1) is 0 Å². The van der Waals surface area contributed by atoms with E-state index in [1.165, 1.54) is 0 Å². The van der Waals surface area contributed by atoms with Crippen molar-refractivity contribution in [3.8, 4) is 0 Å². The van der Waals surface area contributed by atoms with Gasteiger partial charge in [-0.2, -0.15) is 0 Å². The molecule has 5 rings (SSSR count). The van der Waals surface area contributed by atoms with Crippen molar-refractivity contribution in [2.75, 3.05) is 10.2 Å². The number of hydrogen-bond acceptors (Lipinski definition) is 4. The van der Waals surface area contributed by atoms with E-state index in [2.05, 4.69) is 10.6 Å². The second-order valence-electron chi connectivity index (χ2n) is 7.44. The van der Waals surface area contributed by atoms with Gasteiger partial charge >= 0.3 is 0 Å². The maximum atomic E-state index is 13.1. The van der Waals surface area contributed by atoms with Crippen LogP contribution in [0.1, 0.15) is 31.1 Å². The van der Waals surface area contributed by atoms with Crippen LogP contribution < -0.4 is 15.5 Å². The van der Waals surface area contributed by atoms with E-state index < -0.39 is 11.8 Å². The van der Waals surface area contributed by atoms with E-state index in [1.807, 2.05) is 36.4 Å². The first-order valence-corrected chi connectivity index (χ1v) is 10.6. The van der Waals surface area contributed by atoms with Crippen molar-refractivity contribution in [3.05, 3.63) is 108 Å². The number of anilines is 2. The van der Waals surface area contributed by atoms with E-state index in [-0.39, 0.29) is 22.1 Å². The highest BCUT2D eigenvalue weighted by Gasteiger charge is 2.38. The zero-order valence-electron chi connectivity index (χ0n) is 17.2. The van der Waals surface area contributed by atoms with Crippen LogP contribution in [0.2, 0.25) is 0 Å². The maximum Gasteiger partial charge on any atom is 0.268 e. The maximum absolute atomic E-state index is 13.1. The number of thiocarbonyl (C=S) groups is 1. The lowest BCUT2D eigenvalue weighted by atomic mass is 10.0. The van der Waals surface area contributed by atoms with Crippen molar-refractivity contribution in [1.29, 1.82) is 0 Å². The summed E-state index contributed by atoms with van der Waals surface area (Å²) < 4.78 is 0. The molecular weight excluding hydrogens is 434 g/mol. The molecule has 4 aromatic carbocycles.